The normalized spacial score (nSPS) is 11.0. The molecule has 0 radical (unpaired) electrons. The molecule has 2 aromatic heterocycles. The molecule has 0 fully saturated rings. The zero-order valence-electron chi connectivity index (χ0n) is 11.6. The number of aryl methyl sites for hydroxylation is 1. The summed E-state index contributed by atoms with van der Waals surface area (Å²) in [5, 5.41) is 10.5. The van der Waals surface area contributed by atoms with E-state index in [1.165, 1.54) is 0 Å². The van der Waals surface area contributed by atoms with E-state index < -0.39 is 0 Å². The molecule has 0 bridgehead atoms. The lowest BCUT2D eigenvalue weighted by atomic mass is 10.0. The molecule has 0 aromatic carbocycles. The Balaban J connectivity index is 2.21. The van der Waals surface area contributed by atoms with Crippen LogP contribution in [0.25, 0.3) is 0 Å². The van der Waals surface area contributed by atoms with Crippen molar-refractivity contribution in [3.05, 3.63) is 35.0 Å². The second kappa shape index (κ2) is 5.26. The van der Waals surface area contributed by atoms with Gasteiger partial charge in [-0.1, -0.05) is 19.0 Å². The molecule has 0 atom stereocenters. The molecule has 19 heavy (non-hydrogen) atoms. The molecule has 2 heterocycles. The van der Waals surface area contributed by atoms with Gasteiger partial charge >= 0.3 is 0 Å². The average molecular weight is 262 g/mol. The van der Waals surface area contributed by atoms with Crippen molar-refractivity contribution in [3.63, 3.8) is 0 Å². The average Bonchev–Trinajstić information content (AvgIpc) is 2.97. The summed E-state index contributed by atoms with van der Waals surface area (Å²) in [5.41, 5.74) is 2.16. The third-order valence-electron chi connectivity index (χ3n) is 2.95. The first-order chi connectivity index (χ1) is 9.00. The Morgan fingerprint density at radius 2 is 2.26 bits per heavy atom. The second-order valence-electron chi connectivity index (χ2n) is 4.93. The SMILES string of the molecule is Cc1noc(C(C)C)c1C(=O)N(C)Cc1cn[nH]c1. The van der Waals surface area contributed by atoms with E-state index >= 15 is 0 Å². The summed E-state index contributed by atoms with van der Waals surface area (Å²) in [6.07, 6.45) is 3.47. The van der Waals surface area contributed by atoms with E-state index in [0.717, 1.165) is 5.56 Å². The first kappa shape index (κ1) is 13.3. The van der Waals surface area contributed by atoms with Crippen LogP contribution in [0.2, 0.25) is 0 Å². The van der Waals surface area contributed by atoms with E-state index in [2.05, 4.69) is 15.4 Å². The standard InChI is InChI=1S/C13H18N4O2/c1-8(2)12-11(9(3)16-19-12)13(18)17(4)7-10-5-14-15-6-10/h5-6,8H,7H2,1-4H3,(H,14,15). The highest BCUT2D eigenvalue weighted by Crippen LogP contribution is 2.23. The van der Waals surface area contributed by atoms with Gasteiger partial charge in [0.25, 0.3) is 5.91 Å². The maximum Gasteiger partial charge on any atom is 0.259 e. The highest BCUT2D eigenvalue weighted by molar-refractivity contribution is 5.96. The third-order valence-corrected chi connectivity index (χ3v) is 2.95. The molecular weight excluding hydrogens is 244 g/mol. The highest BCUT2D eigenvalue weighted by atomic mass is 16.5. The summed E-state index contributed by atoms with van der Waals surface area (Å²) < 4.78 is 5.25. The van der Waals surface area contributed by atoms with E-state index in [-0.39, 0.29) is 11.8 Å². The molecule has 6 heteroatoms. The summed E-state index contributed by atoms with van der Waals surface area (Å²) in [6.45, 7) is 6.24. The van der Waals surface area contributed by atoms with Crippen LogP contribution in [-0.2, 0) is 6.54 Å². The number of aromatic amines is 1. The van der Waals surface area contributed by atoms with Gasteiger partial charge in [-0.25, -0.2) is 0 Å². The van der Waals surface area contributed by atoms with Crippen molar-refractivity contribution in [1.29, 1.82) is 0 Å². The predicted molar refractivity (Wildman–Crippen MR) is 69.7 cm³/mol. The zero-order chi connectivity index (χ0) is 14.0. The van der Waals surface area contributed by atoms with Gasteiger partial charge in [-0.15, -0.1) is 0 Å². The van der Waals surface area contributed by atoms with Crippen LogP contribution in [0.15, 0.2) is 16.9 Å². The zero-order valence-corrected chi connectivity index (χ0v) is 11.6. The van der Waals surface area contributed by atoms with Gasteiger partial charge in [-0.2, -0.15) is 5.10 Å². The largest absolute Gasteiger partial charge is 0.360 e. The fraction of sp³-hybridized carbons (Fsp3) is 0.462. The van der Waals surface area contributed by atoms with Gasteiger partial charge in [0, 0.05) is 31.3 Å². The number of nitrogens with one attached hydrogen (secondary N) is 1. The Hall–Kier alpha value is -2.11. The van der Waals surface area contributed by atoms with Crippen LogP contribution in [0.5, 0.6) is 0 Å². The first-order valence-corrected chi connectivity index (χ1v) is 6.20. The lowest BCUT2D eigenvalue weighted by Gasteiger charge is -2.16. The Morgan fingerprint density at radius 3 is 2.84 bits per heavy atom. The topological polar surface area (TPSA) is 75.0 Å². The van der Waals surface area contributed by atoms with Gasteiger partial charge < -0.3 is 9.42 Å². The van der Waals surface area contributed by atoms with Crippen molar-refractivity contribution >= 4 is 5.91 Å². The number of aromatic nitrogens is 3. The fourth-order valence-corrected chi connectivity index (χ4v) is 1.94. The molecule has 2 aromatic rings. The highest BCUT2D eigenvalue weighted by Gasteiger charge is 2.25. The molecule has 1 amide bonds. The smallest absolute Gasteiger partial charge is 0.259 e. The predicted octanol–water partition coefficient (Wildman–Crippen LogP) is 2.10. The third kappa shape index (κ3) is 2.67. The Labute approximate surface area is 111 Å². The fourth-order valence-electron chi connectivity index (χ4n) is 1.94. The number of rotatable bonds is 4. The Morgan fingerprint density at radius 1 is 1.53 bits per heavy atom. The molecular formula is C13H18N4O2. The van der Waals surface area contributed by atoms with Crippen LogP contribution >= 0.6 is 0 Å². The van der Waals surface area contributed by atoms with E-state index in [1.807, 2.05) is 13.8 Å². The first-order valence-electron chi connectivity index (χ1n) is 6.20. The quantitative estimate of drug-likeness (QED) is 0.915. The lowest BCUT2D eigenvalue weighted by molar-refractivity contribution is 0.0781. The molecule has 102 valence electrons. The van der Waals surface area contributed by atoms with E-state index in [0.29, 0.717) is 23.6 Å². The molecule has 0 spiro atoms. The Kier molecular flexibility index (Phi) is 3.69. The van der Waals surface area contributed by atoms with Gasteiger partial charge in [0.2, 0.25) is 0 Å². The number of carbonyl (C=O) groups excluding carboxylic acids is 1. The van der Waals surface area contributed by atoms with Crippen molar-refractivity contribution in [3.8, 4) is 0 Å². The molecule has 0 aliphatic heterocycles. The minimum atomic E-state index is -0.0800. The van der Waals surface area contributed by atoms with Gasteiger partial charge in [0.1, 0.15) is 5.56 Å². The van der Waals surface area contributed by atoms with Crippen LogP contribution in [0.3, 0.4) is 0 Å². The second-order valence-corrected chi connectivity index (χ2v) is 4.93. The van der Waals surface area contributed by atoms with Gasteiger partial charge in [-0.3, -0.25) is 9.89 Å². The minimum Gasteiger partial charge on any atom is -0.360 e. The lowest BCUT2D eigenvalue weighted by Crippen LogP contribution is -2.27. The molecule has 1 N–H and O–H groups in total. The van der Waals surface area contributed by atoms with Crippen LogP contribution in [0.4, 0.5) is 0 Å². The maximum absolute atomic E-state index is 12.5. The number of H-pyrrole nitrogens is 1. The van der Waals surface area contributed by atoms with Crippen LogP contribution < -0.4 is 0 Å². The van der Waals surface area contributed by atoms with Crippen molar-refractivity contribution in [1.82, 2.24) is 20.3 Å². The molecule has 0 unspecified atom stereocenters. The molecule has 6 nitrogen and oxygen atoms in total. The minimum absolute atomic E-state index is 0.0800. The maximum atomic E-state index is 12.5. The van der Waals surface area contributed by atoms with Crippen molar-refractivity contribution in [2.24, 2.45) is 0 Å². The van der Waals surface area contributed by atoms with E-state index in [4.69, 9.17) is 4.52 Å². The number of hydrogen-bond donors (Lipinski definition) is 1. The van der Waals surface area contributed by atoms with Crippen LogP contribution in [0, 0.1) is 6.92 Å². The number of nitrogens with zero attached hydrogens (tertiary/aromatic N) is 3. The monoisotopic (exact) mass is 262 g/mol. The van der Waals surface area contributed by atoms with Gasteiger partial charge in [0.05, 0.1) is 11.9 Å². The van der Waals surface area contributed by atoms with Crippen molar-refractivity contribution in [2.75, 3.05) is 7.05 Å². The van der Waals surface area contributed by atoms with E-state index in [9.17, 15) is 4.79 Å². The summed E-state index contributed by atoms with van der Waals surface area (Å²) in [7, 11) is 1.76. The molecule has 0 aliphatic rings. The van der Waals surface area contributed by atoms with E-state index in [1.54, 1.807) is 31.3 Å². The summed E-state index contributed by atoms with van der Waals surface area (Å²) in [5.74, 6) is 0.688. The van der Waals surface area contributed by atoms with Gasteiger partial charge in [0.15, 0.2) is 5.76 Å². The number of amides is 1. The summed E-state index contributed by atoms with van der Waals surface area (Å²) in [6, 6.07) is 0. The summed E-state index contributed by atoms with van der Waals surface area (Å²) >= 11 is 0. The van der Waals surface area contributed by atoms with Crippen molar-refractivity contribution in [2.45, 2.75) is 33.2 Å². The molecule has 0 saturated heterocycles. The van der Waals surface area contributed by atoms with Gasteiger partial charge in [-0.05, 0) is 6.92 Å². The Bertz CT molecular complexity index is 557. The van der Waals surface area contributed by atoms with Crippen LogP contribution in [0.1, 0.15) is 47.1 Å². The van der Waals surface area contributed by atoms with Crippen LogP contribution in [-0.4, -0.2) is 33.2 Å². The molecule has 0 aliphatic carbocycles. The number of carbonyl (C=O) groups is 1. The summed E-state index contributed by atoms with van der Waals surface area (Å²) in [4.78, 5) is 14.1. The number of hydrogen-bond acceptors (Lipinski definition) is 4. The molecule has 2 rings (SSSR count). The molecule has 0 saturated carbocycles. The van der Waals surface area contributed by atoms with Crippen molar-refractivity contribution < 1.29 is 9.32 Å².